The Hall–Kier alpha value is -1.22. The molecule has 1 unspecified atom stereocenters. The lowest BCUT2D eigenvalue weighted by Gasteiger charge is -2.33. The summed E-state index contributed by atoms with van der Waals surface area (Å²) < 4.78 is 27.1. The number of hydrogen-bond donors (Lipinski definition) is 1. The van der Waals surface area contributed by atoms with Gasteiger partial charge < -0.3 is 5.32 Å². The minimum Gasteiger partial charge on any atom is -0.314 e. The van der Waals surface area contributed by atoms with Crippen LogP contribution in [0.1, 0.15) is 19.4 Å². The Labute approximate surface area is 136 Å². The minimum absolute atomic E-state index is 0. The van der Waals surface area contributed by atoms with E-state index in [0.29, 0.717) is 31.6 Å². The first-order valence-corrected chi connectivity index (χ1v) is 8.31. The van der Waals surface area contributed by atoms with Crippen molar-refractivity contribution in [1.29, 1.82) is 0 Å². The fraction of sp³-hybridized carbons (Fsp3) is 0.538. The molecule has 0 saturated carbocycles. The molecule has 0 amide bonds. The molecule has 1 heterocycles. The molecule has 1 saturated heterocycles. The van der Waals surface area contributed by atoms with Crippen LogP contribution in [0.2, 0.25) is 0 Å². The van der Waals surface area contributed by atoms with Crippen LogP contribution in [0.25, 0.3) is 0 Å². The molecular weight excluding hydrogens is 330 g/mol. The van der Waals surface area contributed by atoms with Crippen molar-refractivity contribution in [1.82, 2.24) is 9.62 Å². The number of rotatable bonds is 4. The Bertz CT molecular complexity index is 651. The summed E-state index contributed by atoms with van der Waals surface area (Å²) in [5.74, 6) is 0. The van der Waals surface area contributed by atoms with Gasteiger partial charge in [0.25, 0.3) is 5.69 Å². The van der Waals surface area contributed by atoms with Crippen molar-refractivity contribution in [3.8, 4) is 0 Å². The second-order valence-corrected chi connectivity index (χ2v) is 6.93. The van der Waals surface area contributed by atoms with E-state index in [2.05, 4.69) is 5.32 Å². The highest BCUT2D eigenvalue weighted by molar-refractivity contribution is 7.89. The third kappa shape index (κ3) is 3.57. The number of halogens is 1. The Kier molecular flexibility index (Phi) is 6.30. The van der Waals surface area contributed by atoms with Gasteiger partial charge >= 0.3 is 0 Å². The van der Waals surface area contributed by atoms with Gasteiger partial charge in [-0.15, -0.1) is 12.4 Å². The molecule has 9 heteroatoms. The molecule has 1 aromatic rings. The lowest BCUT2D eigenvalue weighted by molar-refractivity contribution is -0.385. The summed E-state index contributed by atoms with van der Waals surface area (Å²) in [4.78, 5) is 10.4. The van der Waals surface area contributed by atoms with Crippen LogP contribution in [0.4, 0.5) is 5.69 Å². The summed E-state index contributed by atoms with van der Waals surface area (Å²) in [6.45, 7) is 5.19. The zero-order chi connectivity index (χ0) is 15.6. The van der Waals surface area contributed by atoms with E-state index in [1.54, 1.807) is 0 Å². The molecular formula is C13H20ClN3O4S. The van der Waals surface area contributed by atoms with Gasteiger partial charge in [0.05, 0.1) is 9.82 Å². The summed E-state index contributed by atoms with van der Waals surface area (Å²) in [5.41, 5.74) is 0.403. The first-order valence-electron chi connectivity index (χ1n) is 6.87. The number of non-ortho nitro benzene ring substituents is 1. The van der Waals surface area contributed by atoms with Crippen molar-refractivity contribution >= 4 is 28.1 Å². The fourth-order valence-corrected chi connectivity index (χ4v) is 4.44. The molecule has 1 aromatic carbocycles. The third-order valence-corrected chi connectivity index (χ3v) is 5.77. The summed E-state index contributed by atoms with van der Waals surface area (Å²) in [6.07, 6.45) is 0.507. The molecule has 1 aliphatic rings. The first kappa shape index (κ1) is 18.8. The number of hydrogen-bond acceptors (Lipinski definition) is 5. The molecule has 0 aromatic heterocycles. The molecule has 2 rings (SSSR count). The van der Waals surface area contributed by atoms with Crippen molar-refractivity contribution in [2.75, 3.05) is 19.6 Å². The number of nitrogens with one attached hydrogen (secondary N) is 1. The number of nitro benzene ring substituents is 1. The van der Waals surface area contributed by atoms with Crippen LogP contribution in [0.5, 0.6) is 0 Å². The monoisotopic (exact) mass is 349 g/mol. The van der Waals surface area contributed by atoms with E-state index in [1.165, 1.54) is 22.5 Å². The molecule has 124 valence electrons. The summed E-state index contributed by atoms with van der Waals surface area (Å²) in [6, 6.07) is 3.87. The van der Waals surface area contributed by atoms with Crippen LogP contribution in [0.15, 0.2) is 23.1 Å². The van der Waals surface area contributed by atoms with Crippen molar-refractivity contribution in [3.05, 3.63) is 33.9 Å². The summed E-state index contributed by atoms with van der Waals surface area (Å²) in [5, 5.41) is 14.0. The van der Waals surface area contributed by atoms with E-state index in [0.717, 1.165) is 0 Å². The Morgan fingerprint density at radius 1 is 1.45 bits per heavy atom. The predicted molar refractivity (Wildman–Crippen MR) is 85.9 cm³/mol. The van der Waals surface area contributed by atoms with Crippen molar-refractivity contribution in [2.24, 2.45) is 0 Å². The molecule has 1 atom stereocenters. The maximum absolute atomic E-state index is 12.8. The van der Waals surface area contributed by atoms with Crippen LogP contribution in [-0.2, 0) is 16.4 Å². The standard InChI is InChI=1S/C13H19N3O4S.ClH/c1-3-11-4-5-12(16(17)18)8-13(11)21(19,20)15-7-6-14-9-10(15)2;/h4-5,8,10,14H,3,6-7,9H2,1-2H3;1H. The average molecular weight is 350 g/mol. The number of aryl methyl sites for hydroxylation is 1. The van der Waals surface area contributed by atoms with Crippen LogP contribution >= 0.6 is 12.4 Å². The highest BCUT2D eigenvalue weighted by Crippen LogP contribution is 2.27. The fourth-order valence-electron chi connectivity index (χ4n) is 2.49. The molecule has 0 aliphatic carbocycles. The van der Waals surface area contributed by atoms with Gasteiger partial charge in [-0.3, -0.25) is 10.1 Å². The quantitative estimate of drug-likeness (QED) is 0.657. The molecule has 0 radical (unpaired) electrons. The second-order valence-electron chi connectivity index (χ2n) is 5.07. The Morgan fingerprint density at radius 3 is 2.68 bits per heavy atom. The van der Waals surface area contributed by atoms with Crippen molar-refractivity contribution < 1.29 is 13.3 Å². The van der Waals surface area contributed by atoms with Gasteiger partial charge in [-0.25, -0.2) is 8.42 Å². The highest BCUT2D eigenvalue weighted by Gasteiger charge is 2.33. The van der Waals surface area contributed by atoms with Crippen LogP contribution < -0.4 is 5.32 Å². The van der Waals surface area contributed by atoms with E-state index < -0.39 is 14.9 Å². The molecule has 1 fully saturated rings. The summed E-state index contributed by atoms with van der Waals surface area (Å²) >= 11 is 0. The van der Waals surface area contributed by atoms with E-state index in [1.807, 2.05) is 13.8 Å². The van der Waals surface area contributed by atoms with E-state index >= 15 is 0 Å². The van der Waals surface area contributed by atoms with Gasteiger partial charge in [-0.05, 0) is 18.9 Å². The van der Waals surface area contributed by atoms with Gasteiger partial charge in [-0.1, -0.05) is 13.0 Å². The number of nitrogens with zero attached hydrogens (tertiary/aromatic N) is 2. The summed E-state index contributed by atoms with van der Waals surface area (Å²) in [7, 11) is -3.72. The first-order chi connectivity index (χ1) is 9.87. The number of nitro groups is 1. The van der Waals surface area contributed by atoms with Crippen molar-refractivity contribution in [3.63, 3.8) is 0 Å². The number of sulfonamides is 1. The van der Waals surface area contributed by atoms with E-state index in [4.69, 9.17) is 0 Å². The molecule has 22 heavy (non-hydrogen) atoms. The molecule has 1 N–H and O–H groups in total. The second kappa shape index (κ2) is 7.36. The van der Waals surface area contributed by atoms with E-state index in [-0.39, 0.29) is 29.0 Å². The largest absolute Gasteiger partial charge is 0.314 e. The molecule has 0 bridgehead atoms. The molecule has 0 spiro atoms. The topological polar surface area (TPSA) is 92.5 Å². The Morgan fingerprint density at radius 2 is 2.14 bits per heavy atom. The Balaban J connectivity index is 0.00000242. The predicted octanol–water partition coefficient (Wildman–Crippen LogP) is 1.56. The number of piperazine rings is 1. The number of benzene rings is 1. The van der Waals surface area contributed by atoms with Gasteiger partial charge in [0.15, 0.2) is 0 Å². The molecule has 1 aliphatic heterocycles. The van der Waals surface area contributed by atoms with Gasteiger partial charge in [-0.2, -0.15) is 4.31 Å². The lowest BCUT2D eigenvalue weighted by atomic mass is 10.1. The third-order valence-electron chi connectivity index (χ3n) is 3.67. The van der Waals surface area contributed by atoms with Crippen molar-refractivity contribution in [2.45, 2.75) is 31.2 Å². The normalized spacial score (nSPS) is 19.5. The maximum Gasteiger partial charge on any atom is 0.270 e. The van der Waals surface area contributed by atoms with Crippen LogP contribution in [-0.4, -0.2) is 43.3 Å². The lowest BCUT2D eigenvalue weighted by Crippen LogP contribution is -2.52. The zero-order valence-electron chi connectivity index (χ0n) is 12.5. The smallest absolute Gasteiger partial charge is 0.270 e. The van der Waals surface area contributed by atoms with E-state index in [9.17, 15) is 18.5 Å². The van der Waals surface area contributed by atoms with Gasteiger partial charge in [0.2, 0.25) is 10.0 Å². The van der Waals surface area contributed by atoms with Gasteiger partial charge in [0, 0.05) is 37.8 Å². The highest BCUT2D eigenvalue weighted by atomic mass is 35.5. The van der Waals surface area contributed by atoms with Gasteiger partial charge in [0.1, 0.15) is 0 Å². The average Bonchev–Trinajstić information content (AvgIpc) is 2.46. The maximum atomic E-state index is 12.8. The van der Waals surface area contributed by atoms with Crippen LogP contribution in [0.3, 0.4) is 0 Å². The zero-order valence-corrected chi connectivity index (χ0v) is 14.1. The van der Waals surface area contributed by atoms with Crippen LogP contribution in [0, 0.1) is 10.1 Å². The minimum atomic E-state index is -3.72. The molecule has 7 nitrogen and oxygen atoms in total. The SMILES string of the molecule is CCc1ccc([N+](=O)[O-])cc1S(=O)(=O)N1CCNCC1C.Cl.